The third-order valence-electron chi connectivity index (χ3n) is 3.42. The molecule has 0 amide bonds. The fourth-order valence-corrected chi connectivity index (χ4v) is 8.21. The summed E-state index contributed by atoms with van der Waals surface area (Å²) in [5.74, 6) is 0. The van der Waals surface area contributed by atoms with Crippen LogP contribution in [0.1, 0.15) is 22.3 Å². The third kappa shape index (κ3) is 1.73. The molecule has 0 radical (unpaired) electrons. The van der Waals surface area contributed by atoms with Crippen molar-refractivity contribution in [2.45, 2.75) is 10.6 Å². The van der Waals surface area contributed by atoms with Crippen molar-refractivity contribution in [3.8, 4) is 0 Å². The van der Waals surface area contributed by atoms with E-state index in [9.17, 15) is 0 Å². The monoisotopic (exact) mass is 364 g/mol. The van der Waals surface area contributed by atoms with Gasteiger partial charge in [0.15, 0.2) is 0 Å². The van der Waals surface area contributed by atoms with Crippen molar-refractivity contribution in [3.63, 3.8) is 0 Å². The Labute approximate surface area is 120 Å². The van der Waals surface area contributed by atoms with Crippen LogP contribution in [-0.4, -0.2) is 29.9 Å². The molecule has 0 N–H and O–H groups in total. The maximum absolute atomic E-state index is 2.34. The van der Waals surface area contributed by atoms with E-state index in [1.54, 1.807) is 20.1 Å². The normalized spacial score (nSPS) is 15.8. The van der Waals surface area contributed by atoms with Crippen LogP contribution in [0.4, 0.5) is 0 Å². The zero-order chi connectivity index (χ0) is 11.9. The molecular formula is C16H12Se2. The summed E-state index contributed by atoms with van der Waals surface area (Å²) >= 11 is 1.19. The fraction of sp³-hybridized carbons (Fsp3) is 0.125. The molecule has 0 nitrogen and oxygen atoms in total. The van der Waals surface area contributed by atoms with E-state index >= 15 is 0 Å². The number of rotatable bonds is 0. The zero-order valence-electron chi connectivity index (χ0n) is 9.85. The molecule has 2 bridgehead atoms. The van der Waals surface area contributed by atoms with Gasteiger partial charge < -0.3 is 0 Å². The second-order valence-electron chi connectivity index (χ2n) is 4.60. The van der Waals surface area contributed by atoms with Gasteiger partial charge in [0.25, 0.3) is 0 Å². The number of hydrogen-bond acceptors (Lipinski definition) is 0. The molecule has 2 aromatic rings. The van der Waals surface area contributed by atoms with Crippen LogP contribution >= 0.6 is 0 Å². The average molecular weight is 362 g/mol. The maximum atomic E-state index is 2.34. The topological polar surface area (TPSA) is 0 Å². The van der Waals surface area contributed by atoms with Gasteiger partial charge in [-0.2, -0.15) is 0 Å². The van der Waals surface area contributed by atoms with Gasteiger partial charge in [-0.25, -0.2) is 0 Å². The molecule has 0 atom stereocenters. The molecule has 2 aliphatic heterocycles. The van der Waals surface area contributed by atoms with Crippen molar-refractivity contribution < 1.29 is 0 Å². The summed E-state index contributed by atoms with van der Waals surface area (Å²) in [7, 11) is 0. The molecule has 2 heteroatoms. The average Bonchev–Trinajstić information content (AvgIpc) is 2.56. The van der Waals surface area contributed by atoms with Gasteiger partial charge in [0, 0.05) is 0 Å². The van der Waals surface area contributed by atoms with Gasteiger partial charge in [-0.15, -0.1) is 0 Å². The molecule has 2 aromatic carbocycles. The van der Waals surface area contributed by atoms with E-state index in [1.165, 1.54) is 21.8 Å². The first-order chi connectivity index (χ1) is 8.92. The van der Waals surface area contributed by atoms with E-state index in [1.807, 2.05) is 0 Å². The second kappa shape index (κ2) is 4.40. The molecular weight excluding hydrogens is 350 g/mol. The van der Waals surface area contributed by atoms with Crippen molar-refractivity contribution in [3.05, 3.63) is 58.7 Å². The van der Waals surface area contributed by atoms with Crippen LogP contribution in [0.25, 0.3) is 12.2 Å². The second-order valence-corrected chi connectivity index (χ2v) is 8.81. The number of benzene rings is 2. The third-order valence-corrected chi connectivity index (χ3v) is 8.52. The van der Waals surface area contributed by atoms with E-state index in [0.29, 0.717) is 29.9 Å². The van der Waals surface area contributed by atoms with Gasteiger partial charge in [0.05, 0.1) is 0 Å². The zero-order valence-corrected chi connectivity index (χ0v) is 13.3. The Kier molecular flexibility index (Phi) is 2.71. The molecule has 0 fully saturated rings. The van der Waals surface area contributed by atoms with Crippen LogP contribution in [0.5, 0.6) is 0 Å². The Morgan fingerprint density at radius 2 is 1.28 bits per heavy atom. The van der Waals surface area contributed by atoms with Crippen molar-refractivity contribution >= 4 is 51.0 Å². The molecule has 0 saturated heterocycles. The summed E-state index contributed by atoms with van der Waals surface area (Å²) in [4.78, 5) is 0. The standard InChI is InChI=1S/C16H12Se2/c1-3-11-7-8-12-4-2-6-14-10-17-9-13(5-1)15(11)18-16(12)14/h1-8H,9-10H2. The molecule has 2 heterocycles. The van der Waals surface area contributed by atoms with Gasteiger partial charge in [-0.05, 0) is 0 Å². The summed E-state index contributed by atoms with van der Waals surface area (Å²) in [6.45, 7) is 0. The Morgan fingerprint density at radius 3 is 1.83 bits per heavy atom. The molecule has 0 aromatic heterocycles. The van der Waals surface area contributed by atoms with Crippen molar-refractivity contribution in [1.29, 1.82) is 0 Å². The molecule has 0 aliphatic carbocycles. The van der Waals surface area contributed by atoms with E-state index in [2.05, 4.69) is 48.6 Å². The molecule has 88 valence electrons. The van der Waals surface area contributed by atoms with Crippen LogP contribution in [0.2, 0.25) is 0 Å². The van der Waals surface area contributed by atoms with Crippen molar-refractivity contribution in [2.24, 2.45) is 0 Å². The van der Waals surface area contributed by atoms with Gasteiger partial charge in [0.1, 0.15) is 0 Å². The Balaban J connectivity index is 2.04. The van der Waals surface area contributed by atoms with Crippen LogP contribution in [-0.2, 0) is 10.6 Å². The molecule has 0 saturated carbocycles. The minimum atomic E-state index is 0.484. The first-order valence-corrected chi connectivity index (χ1v) is 10.2. The molecule has 4 rings (SSSR count). The summed E-state index contributed by atoms with van der Waals surface area (Å²) in [5.41, 5.74) is 6.12. The van der Waals surface area contributed by atoms with Gasteiger partial charge in [-0.3, -0.25) is 0 Å². The fourth-order valence-electron chi connectivity index (χ4n) is 2.50. The predicted octanol–water partition coefficient (Wildman–Crippen LogP) is 1.54. The summed E-state index contributed by atoms with van der Waals surface area (Å²) < 4.78 is 3.27. The first kappa shape index (κ1) is 11.1. The van der Waals surface area contributed by atoms with Gasteiger partial charge >= 0.3 is 120 Å². The Hall–Kier alpha value is -0.781. The Morgan fingerprint density at radius 1 is 0.722 bits per heavy atom. The molecule has 2 aliphatic rings. The minimum absolute atomic E-state index is 0.484. The van der Waals surface area contributed by atoms with E-state index in [-0.39, 0.29) is 0 Å². The van der Waals surface area contributed by atoms with Crippen LogP contribution in [0.15, 0.2) is 36.4 Å². The summed E-state index contributed by atoms with van der Waals surface area (Å²) in [6, 6.07) is 13.7. The van der Waals surface area contributed by atoms with Crippen LogP contribution in [0.3, 0.4) is 0 Å². The van der Waals surface area contributed by atoms with Crippen molar-refractivity contribution in [2.75, 3.05) is 0 Å². The first-order valence-electron chi connectivity index (χ1n) is 6.09. The number of hydrogen-bond donors (Lipinski definition) is 0. The van der Waals surface area contributed by atoms with E-state index < -0.39 is 0 Å². The summed E-state index contributed by atoms with van der Waals surface area (Å²) in [6.07, 6.45) is 4.63. The molecule has 0 unspecified atom stereocenters. The van der Waals surface area contributed by atoms with Crippen molar-refractivity contribution in [1.82, 2.24) is 0 Å². The van der Waals surface area contributed by atoms with E-state index in [0.717, 1.165) is 0 Å². The Bertz CT molecular complexity index is 601. The summed E-state index contributed by atoms with van der Waals surface area (Å²) in [5, 5.41) is 2.60. The predicted molar refractivity (Wildman–Crippen MR) is 80.0 cm³/mol. The quantitative estimate of drug-likeness (QED) is 0.533. The molecule has 0 spiro atoms. The van der Waals surface area contributed by atoms with Crippen LogP contribution < -0.4 is 8.92 Å². The van der Waals surface area contributed by atoms with Gasteiger partial charge in [0.2, 0.25) is 0 Å². The van der Waals surface area contributed by atoms with Crippen LogP contribution in [0, 0.1) is 0 Å². The molecule has 18 heavy (non-hydrogen) atoms. The SMILES string of the molecule is C1=Cc2cccc3c2[Se]c2c1cccc2C[Se]C3. The van der Waals surface area contributed by atoms with Gasteiger partial charge in [-0.1, -0.05) is 0 Å². The van der Waals surface area contributed by atoms with E-state index in [4.69, 9.17) is 0 Å².